The van der Waals surface area contributed by atoms with E-state index in [1.807, 2.05) is 74.5 Å². The van der Waals surface area contributed by atoms with Crippen molar-refractivity contribution < 1.29 is 19.1 Å². The van der Waals surface area contributed by atoms with Crippen LogP contribution < -0.4 is 10.1 Å². The van der Waals surface area contributed by atoms with Crippen molar-refractivity contribution in [1.29, 1.82) is 0 Å². The molecule has 3 amide bonds. The molecule has 0 saturated carbocycles. The summed E-state index contributed by atoms with van der Waals surface area (Å²) in [6, 6.07) is 20.9. The summed E-state index contributed by atoms with van der Waals surface area (Å²) in [6.45, 7) is 3.88. The van der Waals surface area contributed by atoms with Crippen LogP contribution in [0.3, 0.4) is 0 Å². The Morgan fingerprint density at radius 3 is 2.46 bits per heavy atom. The van der Waals surface area contributed by atoms with Crippen LogP contribution in [0.25, 0.3) is 6.08 Å². The number of carbonyl (C=O) groups excluding carboxylic acids is 3. The summed E-state index contributed by atoms with van der Waals surface area (Å²) >= 11 is 4.25. The minimum Gasteiger partial charge on any atom is -0.488 e. The molecule has 1 N–H and O–H groups in total. The lowest BCUT2D eigenvalue weighted by molar-refractivity contribution is -0.127. The average molecular weight is 551 g/mol. The first-order chi connectivity index (χ1) is 16.8. The summed E-state index contributed by atoms with van der Waals surface area (Å²) in [5.74, 6) is -0.367. The number of imide groups is 1. The van der Waals surface area contributed by atoms with Gasteiger partial charge in [0.2, 0.25) is 5.91 Å². The zero-order chi connectivity index (χ0) is 24.9. The normalized spacial score (nSPS) is 14.5. The number of rotatable bonds is 7. The summed E-state index contributed by atoms with van der Waals surface area (Å²) in [6.07, 6.45) is 1.62. The van der Waals surface area contributed by atoms with Gasteiger partial charge in [0.15, 0.2) is 0 Å². The Kier molecular flexibility index (Phi) is 7.73. The highest BCUT2D eigenvalue weighted by molar-refractivity contribution is 9.10. The summed E-state index contributed by atoms with van der Waals surface area (Å²) in [5.41, 5.74) is 4.31. The summed E-state index contributed by atoms with van der Waals surface area (Å²) in [7, 11) is 0. The first-order valence-corrected chi connectivity index (χ1v) is 12.5. The van der Waals surface area contributed by atoms with Gasteiger partial charge in [-0.2, -0.15) is 0 Å². The largest absolute Gasteiger partial charge is 0.488 e. The maximum absolute atomic E-state index is 13.0. The molecule has 1 heterocycles. The van der Waals surface area contributed by atoms with Crippen molar-refractivity contribution in [1.82, 2.24) is 4.90 Å². The maximum Gasteiger partial charge on any atom is 0.294 e. The van der Waals surface area contributed by atoms with Crippen LogP contribution in [0.4, 0.5) is 10.5 Å². The molecule has 1 saturated heterocycles. The first-order valence-electron chi connectivity index (χ1n) is 10.9. The molecule has 3 aromatic rings. The van der Waals surface area contributed by atoms with Gasteiger partial charge in [0.25, 0.3) is 11.1 Å². The zero-order valence-corrected chi connectivity index (χ0v) is 21.6. The van der Waals surface area contributed by atoms with E-state index in [-0.39, 0.29) is 11.4 Å². The minimum atomic E-state index is -0.510. The molecule has 178 valence electrons. The van der Waals surface area contributed by atoms with Crippen molar-refractivity contribution in [3.63, 3.8) is 0 Å². The summed E-state index contributed by atoms with van der Waals surface area (Å²) in [5, 5.41) is 2.28. The highest BCUT2D eigenvalue weighted by Crippen LogP contribution is 2.35. The molecule has 8 heteroatoms. The van der Waals surface area contributed by atoms with Crippen LogP contribution in [-0.2, 0) is 16.2 Å². The fourth-order valence-corrected chi connectivity index (χ4v) is 4.88. The van der Waals surface area contributed by atoms with E-state index in [9.17, 15) is 14.4 Å². The Balaban J connectivity index is 1.48. The molecule has 35 heavy (non-hydrogen) atoms. The number of amides is 3. The van der Waals surface area contributed by atoms with Crippen LogP contribution in [0.5, 0.6) is 5.75 Å². The molecular weight excluding hydrogens is 528 g/mol. The van der Waals surface area contributed by atoms with E-state index in [1.165, 1.54) is 0 Å². The second-order valence-electron chi connectivity index (χ2n) is 8.15. The molecule has 1 fully saturated rings. The molecule has 0 radical (unpaired) electrons. The Morgan fingerprint density at radius 2 is 1.74 bits per heavy atom. The maximum atomic E-state index is 13.0. The van der Waals surface area contributed by atoms with Gasteiger partial charge in [0.1, 0.15) is 18.9 Å². The van der Waals surface area contributed by atoms with Crippen molar-refractivity contribution in [2.24, 2.45) is 0 Å². The van der Waals surface area contributed by atoms with E-state index in [2.05, 4.69) is 21.2 Å². The number of carbonyl (C=O) groups is 3. The number of nitrogens with one attached hydrogen (secondary N) is 1. The third kappa shape index (κ3) is 6.41. The van der Waals surface area contributed by atoms with Crippen LogP contribution in [0.1, 0.15) is 22.3 Å². The number of halogens is 1. The zero-order valence-electron chi connectivity index (χ0n) is 19.2. The Bertz CT molecular complexity index is 1300. The number of ether oxygens (including phenoxy) is 1. The predicted octanol–water partition coefficient (Wildman–Crippen LogP) is 6.32. The molecule has 1 aliphatic heterocycles. The first kappa shape index (κ1) is 24.8. The van der Waals surface area contributed by atoms with Crippen molar-refractivity contribution >= 4 is 56.5 Å². The topological polar surface area (TPSA) is 75.7 Å². The number of anilines is 1. The van der Waals surface area contributed by atoms with Gasteiger partial charge in [-0.15, -0.1) is 0 Å². The number of hydrogen-bond donors (Lipinski definition) is 1. The highest BCUT2D eigenvalue weighted by Gasteiger charge is 2.36. The van der Waals surface area contributed by atoms with Gasteiger partial charge in [-0.25, -0.2) is 0 Å². The number of hydrogen-bond acceptors (Lipinski definition) is 5. The second-order valence-corrected chi connectivity index (χ2v) is 10.1. The highest BCUT2D eigenvalue weighted by atomic mass is 79.9. The molecule has 4 rings (SSSR count). The van der Waals surface area contributed by atoms with Crippen LogP contribution in [0.15, 0.2) is 76.1 Å². The van der Waals surface area contributed by atoms with Gasteiger partial charge < -0.3 is 10.1 Å². The lowest BCUT2D eigenvalue weighted by Crippen LogP contribution is -2.36. The molecule has 0 aliphatic carbocycles. The van der Waals surface area contributed by atoms with Crippen molar-refractivity contribution in [2.45, 2.75) is 20.5 Å². The minimum absolute atomic E-state index is 0.233. The van der Waals surface area contributed by atoms with Gasteiger partial charge in [-0.05, 0) is 78.7 Å². The predicted molar refractivity (Wildman–Crippen MR) is 142 cm³/mol. The van der Waals surface area contributed by atoms with E-state index >= 15 is 0 Å². The van der Waals surface area contributed by atoms with E-state index in [0.717, 1.165) is 37.8 Å². The molecule has 3 aromatic carbocycles. The lowest BCUT2D eigenvalue weighted by atomic mass is 10.1. The Labute approximate surface area is 216 Å². The second kappa shape index (κ2) is 10.9. The SMILES string of the molecule is Cc1cc(C)cc(NC(=O)CN2C(=O)S/C(=C\c3cc(Br)ccc3OCc3ccccc3)C2=O)c1. The Hall–Kier alpha value is -3.36. The van der Waals surface area contributed by atoms with Gasteiger partial charge in [-0.1, -0.05) is 52.3 Å². The molecule has 0 atom stereocenters. The van der Waals surface area contributed by atoms with E-state index in [0.29, 0.717) is 23.6 Å². The quantitative estimate of drug-likeness (QED) is 0.348. The summed E-state index contributed by atoms with van der Waals surface area (Å²) in [4.78, 5) is 39.3. The molecule has 0 bridgehead atoms. The fraction of sp³-hybridized carbons (Fsp3) is 0.148. The van der Waals surface area contributed by atoms with E-state index in [1.54, 1.807) is 12.1 Å². The van der Waals surface area contributed by atoms with Crippen LogP contribution in [0, 0.1) is 13.8 Å². The smallest absolute Gasteiger partial charge is 0.294 e. The van der Waals surface area contributed by atoms with Crippen LogP contribution in [-0.4, -0.2) is 28.5 Å². The molecule has 0 spiro atoms. The van der Waals surface area contributed by atoms with Gasteiger partial charge >= 0.3 is 0 Å². The average Bonchev–Trinajstić information content (AvgIpc) is 3.06. The van der Waals surface area contributed by atoms with Crippen molar-refractivity contribution in [3.8, 4) is 5.75 Å². The van der Waals surface area contributed by atoms with Crippen LogP contribution >= 0.6 is 27.7 Å². The number of aryl methyl sites for hydroxylation is 2. The van der Waals surface area contributed by atoms with Crippen molar-refractivity contribution in [2.75, 3.05) is 11.9 Å². The third-order valence-corrected chi connectivity index (χ3v) is 6.58. The fourth-order valence-electron chi connectivity index (χ4n) is 3.67. The van der Waals surface area contributed by atoms with E-state index in [4.69, 9.17) is 4.74 Å². The molecule has 6 nitrogen and oxygen atoms in total. The third-order valence-electron chi connectivity index (χ3n) is 5.18. The van der Waals surface area contributed by atoms with Gasteiger partial charge in [0, 0.05) is 15.7 Å². The monoisotopic (exact) mass is 550 g/mol. The lowest BCUT2D eigenvalue weighted by Gasteiger charge is -2.13. The molecule has 0 unspecified atom stereocenters. The molecule has 0 aromatic heterocycles. The summed E-state index contributed by atoms with van der Waals surface area (Å²) < 4.78 is 6.79. The van der Waals surface area contributed by atoms with E-state index < -0.39 is 17.1 Å². The standard InChI is InChI=1S/C27H23BrN2O4S/c1-17-10-18(2)12-22(11-17)29-25(31)15-30-26(32)24(35-27(30)33)14-20-13-21(28)8-9-23(20)34-16-19-6-4-3-5-7-19/h3-14H,15-16H2,1-2H3,(H,29,31)/b24-14-. The van der Waals surface area contributed by atoms with Gasteiger partial charge in [0.05, 0.1) is 4.91 Å². The van der Waals surface area contributed by atoms with Crippen LogP contribution in [0.2, 0.25) is 0 Å². The number of thioether (sulfide) groups is 1. The molecule has 1 aliphatic rings. The molecular formula is C27H23BrN2O4S. The van der Waals surface area contributed by atoms with Crippen molar-refractivity contribution in [3.05, 3.63) is 98.4 Å². The van der Waals surface area contributed by atoms with Gasteiger partial charge in [-0.3, -0.25) is 19.3 Å². The Morgan fingerprint density at radius 1 is 1.03 bits per heavy atom. The number of nitrogens with zero attached hydrogens (tertiary/aromatic N) is 1. The number of benzene rings is 3.